The van der Waals surface area contributed by atoms with Gasteiger partial charge in [0.2, 0.25) is 0 Å². The number of hydrogen-bond acceptors (Lipinski definition) is 4. The first kappa shape index (κ1) is 16.6. The Morgan fingerprint density at radius 2 is 2.05 bits per heavy atom. The zero-order valence-corrected chi connectivity index (χ0v) is 13.6. The highest BCUT2D eigenvalue weighted by atomic mass is 16.6. The van der Waals surface area contributed by atoms with E-state index in [1.165, 1.54) is 12.8 Å². The normalized spacial score (nSPS) is 24.8. The van der Waals surface area contributed by atoms with Crippen LogP contribution in [0.5, 0.6) is 0 Å². The van der Waals surface area contributed by atoms with Gasteiger partial charge in [0.05, 0.1) is 6.04 Å². The zero-order chi connectivity index (χ0) is 15.5. The van der Waals surface area contributed by atoms with Crippen LogP contribution < -0.4 is 5.32 Å². The second-order valence-electron chi connectivity index (χ2n) is 7.30. The van der Waals surface area contributed by atoms with E-state index in [-0.39, 0.29) is 24.8 Å². The number of nitrogens with zero attached hydrogens (tertiary/aromatic N) is 1. The molecule has 5 nitrogen and oxygen atoms in total. The lowest BCUT2D eigenvalue weighted by Gasteiger charge is -2.41. The number of carbonyl (C=O) groups is 1. The Hall–Kier alpha value is -0.810. The lowest BCUT2D eigenvalue weighted by atomic mass is 9.94. The van der Waals surface area contributed by atoms with E-state index in [0.717, 1.165) is 25.8 Å². The number of rotatable bonds is 5. The summed E-state index contributed by atoms with van der Waals surface area (Å²) in [5.41, 5.74) is -0.463. The van der Waals surface area contributed by atoms with Crippen LogP contribution in [-0.4, -0.2) is 53.0 Å². The molecule has 122 valence electrons. The molecule has 1 amide bonds. The quantitative estimate of drug-likeness (QED) is 0.817. The summed E-state index contributed by atoms with van der Waals surface area (Å²) < 4.78 is 5.55. The summed E-state index contributed by atoms with van der Waals surface area (Å²) in [5, 5.41) is 12.9. The standard InChI is InChI=1S/C16H30N2O3/c1-16(2,3)21-15(20)18-10-5-4-6-14(18)13(9-11-19)17-12-7-8-12/h12-14,17,19H,4-11H2,1-3H3. The zero-order valence-electron chi connectivity index (χ0n) is 13.6. The van der Waals surface area contributed by atoms with Gasteiger partial charge in [-0.3, -0.25) is 0 Å². The van der Waals surface area contributed by atoms with E-state index < -0.39 is 5.60 Å². The van der Waals surface area contributed by atoms with Crippen LogP contribution in [0.4, 0.5) is 4.79 Å². The average Bonchev–Trinajstić information content (AvgIpc) is 3.20. The maximum Gasteiger partial charge on any atom is 0.410 e. The summed E-state index contributed by atoms with van der Waals surface area (Å²) in [5.74, 6) is 0. The maximum atomic E-state index is 12.4. The second kappa shape index (κ2) is 6.97. The largest absolute Gasteiger partial charge is 0.444 e. The first-order valence-corrected chi connectivity index (χ1v) is 8.27. The Labute approximate surface area is 128 Å². The van der Waals surface area contributed by atoms with Gasteiger partial charge in [0.15, 0.2) is 0 Å². The highest BCUT2D eigenvalue weighted by Gasteiger charge is 2.37. The van der Waals surface area contributed by atoms with E-state index in [9.17, 15) is 9.90 Å². The van der Waals surface area contributed by atoms with E-state index >= 15 is 0 Å². The molecular weight excluding hydrogens is 268 g/mol. The van der Waals surface area contributed by atoms with Gasteiger partial charge >= 0.3 is 6.09 Å². The number of likely N-dealkylation sites (tertiary alicyclic amines) is 1. The van der Waals surface area contributed by atoms with Gasteiger partial charge in [-0.05, 0) is 59.3 Å². The summed E-state index contributed by atoms with van der Waals surface area (Å²) in [4.78, 5) is 14.3. The summed E-state index contributed by atoms with van der Waals surface area (Å²) >= 11 is 0. The van der Waals surface area contributed by atoms with E-state index in [1.807, 2.05) is 25.7 Å². The third-order valence-corrected chi connectivity index (χ3v) is 4.11. The van der Waals surface area contributed by atoms with Gasteiger partial charge in [0.25, 0.3) is 0 Å². The van der Waals surface area contributed by atoms with Gasteiger partial charge in [0, 0.05) is 25.2 Å². The second-order valence-corrected chi connectivity index (χ2v) is 7.30. The van der Waals surface area contributed by atoms with Crippen LogP contribution in [0.3, 0.4) is 0 Å². The van der Waals surface area contributed by atoms with Crippen molar-refractivity contribution in [2.75, 3.05) is 13.2 Å². The molecule has 21 heavy (non-hydrogen) atoms. The minimum absolute atomic E-state index is 0.140. The molecule has 2 unspecified atom stereocenters. The molecule has 0 bridgehead atoms. The van der Waals surface area contributed by atoms with Crippen LogP contribution in [0.1, 0.15) is 59.3 Å². The SMILES string of the molecule is CC(C)(C)OC(=O)N1CCCCC1C(CCO)NC1CC1. The smallest absolute Gasteiger partial charge is 0.410 e. The Balaban J connectivity index is 2.03. The van der Waals surface area contributed by atoms with Gasteiger partial charge in [0.1, 0.15) is 5.60 Å². The van der Waals surface area contributed by atoms with E-state index in [1.54, 1.807) is 0 Å². The number of aliphatic hydroxyl groups excluding tert-OH is 1. The van der Waals surface area contributed by atoms with Crippen molar-refractivity contribution in [2.24, 2.45) is 0 Å². The van der Waals surface area contributed by atoms with Crippen molar-refractivity contribution < 1.29 is 14.6 Å². The molecule has 2 atom stereocenters. The Morgan fingerprint density at radius 1 is 1.33 bits per heavy atom. The Kier molecular flexibility index (Phi) is 5.49. The minimum Gasteiger partial charge on any atom is -0.444 e. The predicted octanol–water partition coefficient (Wildman–Crippen LogP) is 2.28. The third kappa shape index (κ3) is 5.15. The number of carbonyl (C=O) groups excluding carboxylic acids is 1. The van der Waals surface area contributed by atoms with Crippen molar-refractivity contribution in [3.8, 4) is 0 Å². The number of aliphatic hydroxyl groups is 1. The molecule has 1 saturated heterocycles. The average molecular weight is 298 g/mol. The molecule has 2 N–H and O–H groups in total. The lowest BCUT2D eigenvalue weighted by Crippen LogP contribution is -2.56. The number of hydrogen-bond donors (Lipinski definition) is 2. The van der Waals surface area contributed by atoms with Crippen molar-refractivity contribution in [3.05, 3.63) is 0 Å². The van der Waals surface area contributed by atoms with Crippen LogP contribution in [0, 0.1) is 0 Å². The van der Waals surface area contributed by atoms with Gasteiger partial charge in [-0.2, -0.15) is 0 Å². The Bertz CT molecular complexity index is 350. The summed E-state index contributed by atoms with van der Waals surface area (Å²) in [6.07, 6.45) is 6.06. The first-order chi connectivity index (χ1) is 9.90. The molecule has 0 aromatic rings. The lowest BCUT2D eigenvalue weighted by molar-refractivity contribution is 0.00320. The highest BCUT2D eigenvalue weighted by Crippen LogP contribution is 2.27. The molecule has 2 fully saturated rings. The van der Waals surface area contributed by atoms with Crippen molar-refractivity contribution >= 4 is 6.09 Å². The van der Waals surface area contributed by atoms with Gasteiger partial charge in [-0.25, -0.2) is 4.79 Å². The van der Waals surface area contributed by atoms with Crippen LogP contribution in [0.2, 0.25) is 0 Å². The van der Waals surface area contributed by atoms with Crippen LogP contribution in [0.15, 0.2) is 0 Å². The van der Waals surface area contributed by atoms with Crippen molar-refractivity contribution in [1.29, 1.82) is 0 Å². The van der Waals surface area contributed by atoms with Crippen LogP contribution >= 0.6 is 0 Å². The number of piperidine rings is 1. The van der Waals surface area contributed by atoms with Gasteiger partial charge in [-0.1, -0.05) is 0 Å². The molecule has 1 heterocycles. The molecule has 2 aliphatic rings. The monoisotopic (exact) mass is 298 g/mol. The minimum atomic E-state index is -0.463. The van der Waals surface area contributed by atoms with Crippen molar-refractivity contribution in [3.63, 3.8) is 0 Å². The van der Waals surface area contributed by atoms with E-state index in [4.69, 9.17) is 4.74 Å². The molecule has 5 heteroatoms. The summed E-state index contributed by atoms with van der Waals surface area (Å²) in [6, 6.07) is 0.889. The summed E-state index contributed by atoms with van der Waals surface area (Å²) in [7, 11) is 0. The van der Waals surface area contributed by atoms with Crippen LogP contribution in [0.25, 0.3) is 0 Å². The fourth-order valence-electron chi connectivity index (χ4n) is 3.00. The number of amides is 1. The molecule has 0 aromatic carbocycles. The topological polar surface area (TPSA) is 61.8 Å². The highest BCUT2D eigenvalue weighted by molar-refractivity contribution is 5.68. The molecular formula is C16H30N2O3. The van der Waals surface area contributed by atoms with Gasteiger partial charge < -0.3 is 20.1 Å². The molecule has 1 aliphatic heterocycles. The fraction of sp³-hybridized carbons (Fsp3) is 0.938. The van der Waals surface area contributed by atoms with Crippen LogP contribution in [-0.2, 0) is 4.74 Å². The number of ether oxygens (including phenoxy) is 1. The number of nitrogens with one attached hydrogen (secondary N) is 1. The molecule has 0 aromatic heterocycles. The van der Waals surface area contributed by atoms with Gasteiger partial charge in [-0.15, -0.1) is 0 Å². The van der Waals surface area contributed by atoms with E-state index in [2.05, 4.69) is 5.32 Å². The molecule has 2 rings (SSSR count). The van der Waals surface area contributed by atoms with Crippen molar-refractivity contribution in [2.45, 2.75) is 83.0 Å². The third-order valence-electron chi connectivity index (χ3n) is 4.11. The molecule has 0 radical (unpaired) electrons. The summed E-state index contributed by atoms with van der Waals surface area (Å²) in [6.45, 7) is 6.61. The fourth-order valence-corrected chi connectivity index (χ4v) is 3.00. The molecule has 1 saturated carbocycles. The Morgan fingerprint density at radius 3 is 2.62 bits per heavy atom. The molecule has 0 spiro atoms. The van der Waals surface area contributed by atoms with Crippen molar-refractivity contribution in [1.82, 2.24) is 10.2 Å². The maximum absolute atomic E-state index is 12.4. The molecule has 1 aliphatic carbocycles. The van der Waals surface area contributed by atoms with E-state index in [0.29, 0.717) is 12.5 Å². The first-order valence-electron chi connectivity index (χ1n) is 8.27. The predicted molar refractivity (Wildman–Crippen MR) is 82.2 cm³/mol.